The Hall–Kier alpha value is -2.28. The summed E-state index contributed by atoms with van der Waals surface area (Å²) in [5.74, 6) is -0.759. The number of hydrogen-bond donors (Lipinski definition) is 2. The van der Waals surface area contributed by atoms with Crippen molar-refractivity contribution in [3.05, 3.63) is 68.6 Å². The zero-order valence-electron chi connectivity index (χ0n) is 11.0. The molecule has 0 aliphatic heterocycles. The average Bonchev–Trinajstić information content (AvgIpc) is 2.45. The Morgan fingerprint density at radius 1 is 1.14 bits per heavy atom. The molecule has 1 amide bonds. The number of alkyl halides is 3. The van der Waals surface area contributed by atoms with E-state index in [1.165, 1.54) is 0 Å². The normalized spacial score (nSPS) is 11.3. The summed E-state index contributed by atoms with van der Waals surface area (Å²) >= 11 is 5.72. The monoisotopic (exact) mass is 330 g/mol. The molecule has 0 unspecified atom stereocenters. The molecule has 0 spiro atoms. The topological polar surface area (TPSA) is 62.0 Å². The molecule has 2 rings (SSSR count). The highest BCUT2D eigenvalue weighted by molar-refractivity contribution is 6.30. The van der Waals surface area contributed by atoms with E-state index in [-0.39, 0.29) is 12.1 Å². The van der Waals surface area contributed by atoms with E-state index in [9.17, 15) is 22.8 Å². The van der Waals surface area contributed by atoms with Crippen LogP contribution in [0.4, 0.5) is 13.2 Å². The van der Waals surface area contributed by atoms with Gasteiger partial charge in [0.2, 0.25) is 0 Å². The van der Waals surface area contributed by atoms with Crippen LogP contribution in [0.25, 0.3) is 0 Å². The molecule has 1 aromatic carbocycles. The highest BCUT2D eigenvalue weighted by Gasteiger charge is 2.32. The molecular weight excluding hydrogens is 321 g/mol. The van der Waals surface area contributed by atoms with Crippen molar-refractivity contribution in [2.75, 3.05) is 0 Å². The van der Waals surface area contributed by atoms with Crippen molar-refractivity contribution in [1.29, 1.82) is 0 Å². The van der Waals surface area contributed by atoms with E-state index in [1.807, 2.05) is 0 Å². The summed E-state index contributed by atoms with van der Waals surface area (Å²) in [6.45, 7) is 0.121. The fraction of sp³-hybridized carbons (Fsp3) is 0.143. The lowest BCUT2D eigenvalue weighted by molar-refractivity contribution is -0.141. The average molecular weight is 331 g/mol. The van der Waals surface area contributed by atoms with Gasteiger partial charge >= 0.3 is 6.18 Å². The van der Waals surface area contributed by atoms with Crippen LogP contribution in [0.3, 0.4) is 0 Å². The second-order valence-corrected chi connectivity index (χ2v) is 4.86. The van der Waals surface area contributed by atoms with Crippen molar-refractivity contribution >= 4 is 17.5 Å². The Labute approximate surface area is 127 Å². The lowest BCUT2D eigenvalue weighted by atomic mass is 10.2. The van der Waals surface area contributed by atoms with E-state index >= 15 is 0 Å². The Balaban J connectivity index is 2.10. The SMILES string of the molecule is O=C(NCc1ccc(Cl)cc1)c1ccc(C(F)(F)F)[nH]c1=O. The number of benzene rings is 1. The Kier molecular flexibility index (Phi) is 4.56. The largest absolute Gasteiger partial charge is 0.431 e. The molecule has 0 aliphatic rings. The van der Waals surface area contributed by atoms with Crippen molar-refractivity contribution in [2.24, 2.45) is 0 Å². The van der Waals surface area contributed by atoms with Crippen LogP contribution in [0.2, 0.25) is 5.02 Å². The molecule has 0 saturated carbocycles. The van der Waals surface area contributed by atoms with Gasteiger partial charge in [0.25, 0.3) is 11.5 Å². The summed E-state index contributed by atoms with van der Waals surface area (Å²) in [5, 5.41) is 2.99. The molecule has 1 aromatic heterocycles. The van der Waals surface area contributed by atoms with Gasteiger partial charge in [0.05, 0.1) is 0 Å². The first-order valence-electron chi connectivity index (χ1n) is 6.10. The summed E-state index contributed by atoms with van der Waals surface area (Å²) in [6, 6.07) is 8.12. The lowest BCUT2D eigenvalue weighted by Crippen LogP contribution is -2.30. The molecule has 116 valence electrons. The third kappa shape index (κ3) is 3.88. The van der Waals surface area contributed by atoms with Gasteiger partial charge in [0, 0.05) is 11.6 Å². The van der Waals surface area contributed by atoms with Crippen LogP contribution in [-0.4, -0.2) is 10.9 Å². The van der Waals surface area contributed by atoms with Crippen LogP contribution >= 0.6 is 11.6 Å². The smallest absolute Gasteiger partial charge is 0.348 e. The molecule has 2 aromatic rings. The number of hydrogen-bond acceptors (Lipinski definition) is 2. The van der Waals surface area contributed by atoms with Crippen molar-refractivity contribution in [1.82, 2.24) is 10.3 Å². The maximum Gasteiger partial charge on any atom is 0.431 e. The first kappa shape index (κ1) is 16.1. The van der Waals surface area contributed by atoms with Crippen molar-refractivity contribution < 1.29 is 18.0 Å². The van der Waals surface area contributed by atoms with Gasteiger partial charge in [-0.05, 0) is 29.8 Å². The van der Waals surface area contributed by atoms with Gasteiger partial charge in [-0.3, -0.25) is 9.59 Å². The maximum atomic E-state index is 12.4. The number of pyridine rings is 1. The maximum absolute atomic E-state index is 12.4. The molecule has 0 saturated heterocycles. The standard InChI is InChI=1S/C14H10ClF3N2O2/c15-9-3-1-8(2-4-9)7-19-12(21)10-5-6-11(14(16,17)18)20-13(10)22/h1-6H,7H2,(H,19,21)(H,20,22). The van der Waals surface area contributed by atoms with E-state index in [0.717, 1.165) is 11.6 Å². The number of amides is 1. The predicted octanol–water partition coefficient (Wildman–Crippen LogP) is 2.98. The van der Waals surface area contributed by atoms with Crippen molar-refractivity contribution in [3.8, 4) is 0 Å². The number of carbonyl (C=O) groups excluding carboxylic acids is 1. The van der Waals surface area contributed by atoms with Crippen LogP contribution in [0.15, 0.2) is 41.2 Å². The molecule has 4 nitrogen and oxygen atoms in total. The Morgan fingerprint density at radius 2 is 1.77 bits per heavy atom. The predicted molar refractivity (Wildman–Crippen MR) is 74.7 cm³/mol. The third-order valence-corrected chi connectivity index (χ3v) is 3.08. The minimum Gasteiger partial charge on any atom is -0.348 e. The molecule has 0 atom stereocenters. The quantitative estimate of drug-likeness (QED) is 0.909. The van der Waals surface area contributed by atoms with Crippen LogP contribution in [0.5, 0.6) is 0 Å². The van der Waals surface area contributed by atoms with Gasteiger partial charge in [-0.25, -0.2) is 0 Å². The van der Waals surface area contributed by atoms with E-state index in [4.69, 9.17) is 11.6 Å². The van der Waals surface area contributed by atoms with Gasteiger partial charge in [0.1, 0.15) is 11.3 Å². The fourth-order valence-electron chi connectivity index (χ4n) is 1.70. The zero-order valence-corrected chi connectivity index (χ0v) is 11.8. The minimum absolute atomic E-state index is 0.121. The van der Waals surface area contributed by atoms with E-state index in [2.05, 4.69) is 5.32 Å². The van der Waals surface area contributed by atoms with Gasteiger partial charge in [-0.15, -0.1) is 0 Å². The number of nitrogens with one attached hydrogen (secondary N) is 2. The fourth-order valence-corrected chi connectivity index (χ4v) is 1.82. The number of aromatic amines is 1. The summed E-state index contributed by atoms with van der Waals surface area (Å²) < 4.78 is 37.3. The molecule has 22 heavy (non-hydrogen) atoms. The van der Waals surface area contributed by atoms with Gasteiger partial charge < -0.3 is 10.3 Å². The van der Waals surface area contributed by atoms with Gasteiger partial charge in [-0.2, -0.15) is 13.2 Å². The summed E-state index contributed by atoms with van der Waals surface area (Å²) in [5.41, 5.74) is -1.95. The first-order valence-corrected chi connectivity index (χ1v) is 6.48. The zero-order chi connectivity index (χ0) is 16.3. The van der Waals surface area contributed by atoms with Crippen LogP contribution < -0.4 is 10.9 Å². The highest BCUT2D eigenvalue weighted by atomic mass is 35.5. The van der Waals surface area contributed by atoms with E-state index < -0.39 is 23.3 Å². The number of rotatable bonds is 3. The van der Waals surface area contributed by atoms with Crippen molar-refractivity contribution in [2.45, 2.75) is 12.7 Å². The van der Waals surface area contributed by atoms with E-state index in [1.54, 1.807) is 29.2 Å². The van der Waals surface area contributed by atoms with Crippen LogP contribution in [-0.2, 0) is 12.7 Å². The molecular formula is C14H10ClF3N2O2. The molecule has 0 radical (unpaired) electrons. The Bertz CT molecular complexity index is 739. The first-order chi connectivity index (χ1) is 10.3. The second-order valence-electron chi connectivity index (χ2n) is 4.42. The summed E-state index contributed by atoms with van der Waals surface area (Å²) in [6.07, 6.45) is -4.67. The van der Waals surface area contributed by atoms with E-state index in [0.29, 0.717) is 11.1 Å². The molecule has 0 fully saturated rings. The second kappa shape index (κ2) is 6.23. The molecule has 2 N–H and O–H groups in total. The lowest BCUT2D eigenvalue weighted by Gasteiger charge is -2.08. The summed E-state index contributed by atoms with van der Waals surface area (Å²) in [7, 11) is 0. The third-order valence-electron chi connectivity index (χ3n) is 2.83. The van der Waals surface area contributed by atoms with Gasteiger partial charge in [0.15, 0.2) is 0 Å². The molecule has 8 heteroatoms. The number of halogens is 4. The highest BCUT2D eigenvalue weighted by Crippen LogP contribution is 2.26. The van der Waals surface area contributed by atoms with Crippen molar-refractivity contribution in [3.63, 3.8) is 0 Å². The van der Waals surface area contributed by atoms with Crippen LogP contribution in [0, 0.1) is 0 Å². The number of carbonyl (C=O) groups is 1. The number of aromatic nitrogens is 1. The molecule has 0 aliphatic carbocycles. The molecule has 1 heterocycles. The number of H-pyrrole nitrogens is 1. The van der Waals surface area contributed by atoms with Crippen LogP contribution in [0.1, 0.15) is 21.6 Å². The Morgan fingerprint density at radius 3 is 2.32 bits per heavy atom. The minimum atomic E-state index is -4.67. The van der Waals surface area contributed by atoms with Gasteiger partial charge in [-0.1, -0.05) is 23.7 Å². The molecule has 0 bridgehead atoms. The summed E-state index contributed by atoms with van der Waals surface area (Å²) in [4.78, 5) is 25.0.